The van der Waals surface area contributed by atoms with Gasteiger partial charge in [0.2, 0.25) is 0 Å². The Morgan fingerprint density at radius 1 is 1.23 bits per heavy atom. The van der Waals surface area contributed by atoms with Crippen LogP contribution in [0.4, 0.5) is 0 Å². The molecule has 0 spiro atoms. The summed E-state index contributed by atoms with van der Waals surface area (Å²) in [5.74, 6) is -0.765. The van der Waals surface area contributed by atoms with Gasteiger partial charge in [-0.3, -0.25) is 4.79 Å². The molecule has 1 N–H and O–H groups in total. The van der Waals surface area contributed by atoms with E-state index in [2.05, 4.69) is 5.32 Å². The predicted octanol–water partition coefficient (Wildman–Crippen LogP) is 3.40. The van der Waals surface area contributed by atoms with E-state index in [1.807, 2.05) is 51.1 Å². The Balaban J connectivity index is 1.85. The zero-order chi connectivity index (χ0) is 16.1. The van der Waals surface area contributed by atoms with Crippen LogP contribution >= 0.6 is 11.3 Å². The van der Waals surface area contributed by atoms with Crippen LogP contribution in [0.25, 0.3) is 0 Å². The predicted molar refractivity (Wildman–Crippen MR) is 87.1 cm³/mol. The molecule has 1 atom stereocenters. The number of esters is 1. The Bertz CT molecular complexity index is 664. The lowest BCUT2D eigenvalue weighted by molar-refractivity contribution is -0.124. The van der Waals surface area contributed by atoms with Crippen LogP contribution in [0.5, 0.6) is 0 Å². The van der Waals surface area contributed by atoms with Crippen LogP contribution in [0.15, 0.2) is 36.4 Å². The summed E-state index contributed by atoms with van der Waals surface area (Å²) in [6.07, 6.45) is 0. The molecule has 22 heavy (non-hydrogen) atoms. The molecule has 1 amide bonds. The summed E-state index contributed by atoms with van der Waals surface area (Å²) < 4.78 is 5.08. The Labute approximate surface area is 134 Å². The molecule has 4 nitrogen and oxygen atoms in total. The number of ether oxygens (including phenoxy) is 1. The van der Waals surface area contributed by atoms with Crippen LogP contribution in [0.2, 0.25) is 0 Å². The van der Waals surface area contributed by atoms with Gasteiger partial charge in [0.1, 0.15) is 0 Å². The number of rotatable bonds is 5. The summed E-state index contributed by atoms with van der Waals surface area (Å²) in [7, 11) is 0. The van der Waals surface area contributed by atoms with Crippen LogP contribution in [0.3, 0.4) is 0 Å². The molecule has 0 saturated carbocycles. The van der Waals surface area contributed by atoms with Crippen LogP contribution in [0.1, 0.15) is 38.6 Å². The van der Waals surface area contributed by atoms with Crippen molar-refractivity contribution in [2.24, 2.45) is 0 Å². The first-order valence-corrected chi connectivity index (χ1v) is 7.87. The van der Waals surface area contributed by atoms with Gasteiger partial charge in [-0.15, -0.1) is 11.3 Å². The highest BCUT2D eigenvalue weighted by atomic mass is 32.1. The van der Waals surface area contributed by atoms with Crippen LogP contribution in [-0.2, 0) is 9.53 Å². The molecule has 0 aliphatic carbocycles. The lowest BCUT2D eigenvalue weighted by atomic mass is 10.1. The third kappa shape index (κ3) is 4.18. The van der Waals surface area contributed by atoms with Gasteiger partial charge in [-0.05, 0) is 32.4 Å². The molecule has 0 aliphatic heterocycles. The SMILES string of the molecule is Cc1cc(C(=O)OCC(=O)NC(C)c2ccccc2)c(C)s1. The lowest BCUT2D eigenvalue weighted by Crippen LogP contribution is -2.31. The number of aryl methyl sites for hydroxylation is 2. The highest BCUT2D eigenvalue weighted by Crippen LogP contribution is 2.21. The molecular formula is C17H19NO3S. The monoisotopic (exact) mass is 317 g/mol. The Morgan fingerprint density at radius 2 is 1.91 bits per heavy atom. The molecule has 2 aromatic rings. The molecule has 0 fully saturated rings. The van der Waals surface area contributed by atoms with Gasteiger partial charge < -0.3 is 10.1 Å². The zero-order valence-electron chi connectivity index (χ0n) is 12.9. The number of hydrogen-bond donors (Lipinski definition) is 1. The van der Waals surface area contributed by atoms with E-state index in [4.69, 9.17) is 4.74 Å². The summed E-state index contributed by atoms with van der Waals surface area (Å²) in [6, 6.07) is 11.3. The van der Waals surface area contributed by atoms with E-state index < -0.39 is 5.97 Å². The number of thiophene rings is 1. The van der Waals surface area contributed by atoms with E-state index in [-0.39, 0.29) is 18.6 Å². The van der Waals surface area contributed by atoms with Crippen LogP contribution in [0, 0.1) is 13.8 Å². The van der Waals surface area contributed by atoms with Gasteiger partial charge in [0.15, 0.2) is 6.61 Å². The van der Waals surface area contributed by atoms with Gasteiger partial charge in [-0.25, -0.2) is 4.79 Å². The normalized spacial score (nSPS) is 11.8. The van der Waals surface area contributed by atoms with E-state index in [0.29, 0.717) is 5.56 Å². The van der Waals surface area contributed by atoms with E-state index >= 15 is 0 Å². The number of benzene rings is 1. The van der Waals surface area contributed by atoms with E-state index in [9.17, 15) is 9.59 Å². The topological polar surface area (TPSA) is 55.4 Å². The van der Waals surface area contributed by atoms with E-state index in [0.717, 1.165) is 15.3 Å². The van der Waals surface area contributed by atoms with Crippen LogP contribution in [-0.4, -0.2) is 18.5 Å². The molecule has 116 valence electrons. The van der Waals surface area contributed by atoms with Crippen molar-refractivity contribution in [3.05, 3.63) is 57.3 Å². The molecule has 0 bridgehead atoms. The fraction of sp³-hybridized carbons (Fsp3) is 0.294. The summed E-state index contributed by atoms with van der Waals surface area (Å²) in [5, 5.41) is 2.81. The fourth-order valence-corrected chi connectivity index (χ4v) is 3.06. The number of amides is 1. The summed E-state index contributed by atoms with van der Waals surface area (Å²) in [6.45, 7) is 5.42. The highest BCUT2D eigenvalue weighted by Gasteiger charge is 2.16. The second kappa shape index (κ2) is 7.22. The minimum atomic E-state index is -0.454. The van der Waals surface area contributed by atoms with Crippen molar-refractivity contribution in [1.82, 2.24) is 5.32 Å². The van der Waals surface area contributed by atoms with Crippen LogP contribution < -0.4 is 5.32 Å². The number of carbonyl (C=O) groups excluding carboxylic acids is 2. The van der Waals surface area contributed by atoms with Gasteiger partial charge in [-0.1, -0.05) is 30.3 Å². The minimum Gasteiger partial charge on any atom is -0.452 e. The van der Waals surface area contributed by atoms with Gasteiger partial charge in [0, 0.05) is 9.75 Å². The maximum Gasteiger partial charge on any atom is 0.339 e. The molecule has 2 rings (SSSR count). The van der Waals surface area contributed by atoms with Crippen molar-refractivity contribution >= 4 is 23.2 Å². The molecular weight excluding hydrogens is 298 g/mol. The maximum absolute atomic E-state index is 11.9. The summed E-state index contributed by atoms with van der Waals surface area (Å²) in [5.41, 5.74) is 1.54. The first kappa shape index (κ1) is 16.2. The second-order valence-corrected chi connectivity index (χ2v) is 6.56. The fourth-order valence-electron chi connectivity index (χ4n) is 2.15. The van der Waals surface area contributed by atoms with E-state index in [1.54, 1.807) is 6.07 Å². The molecule has 5 heteroatoms. The molecule has 0 radical (unpaired) electrons. The van der Waals surface area contributed by atoms with Crippen molar-refractivity contribution in [3.8, 4) is 0 Å². The van der Waals surface area contributed by atoms with Crippen molar-refractivity contribution in [2.75, 3.05) is 6.61 Å². The Hall–Kier alpha value is -2.14. The average molecular weight is 317 g/mol. The number of carbonyl (C=O) groups is 2. The molecule has 1 heterocycles. The first-order chi connectivity index (χ1) is 10.5. The lowest BCUT2D eigenvalue weighted by Gasteiger charge is -2.14. The van der Waals surface area contributed by atoms with Crippen molar-refractivity contribution < 1.29 is 14.3 Å². The standard InChI is InChI=1S/C17H19NO3S/c1-11-9-15(13(3)22-11)17(20)21-10-16(19)18-12(2)14-7-5-4-6-8-14/h4-9,12H,10H2,1-3H3,(H,18,19). The maximum atomic E-state index is 11.9. The van der Waals surface area contributed by atoms with E-state index in [1.165, 1.54) is 11.3 Å². The number of nitrogens with one attached hydrogen (secondary N) is 1. The van der Waals surface area contributed by atoms with Crippen molar-refractivity contribution in [1.29, 1.82) is 0 Å². The van der Waals surface area contributed by atoms with Gasteiger partial charge >= 0.3 is 5.97 Å². The molecule has 1 aromatic carbocycles. The van der Waals surface area contributed by atoms with Gasteiger partial charge in [-0.2, -0.15) is 0 Å². The average Bonchev–Trinajstić information content (AvgIpc) is 2.84. The molecule has 1 unspecified atom stereocenters. The summed E-state index contributed by atoms with van der Waals surface area (Å²) >= 11 is 1.54. The van der Waals surface area contributed by atoms with Gasteiger partial charge in [0.05, 0.1) is 11.6 Å². The first-order valence-electron chi connectivity index (χ1n) is 7.06. The van der Waals surface area contributed by atoms with Crippen molar-refractivity contribution in [3.63, 3.8) is 0 Å². The molecule has 0 aliphatic rings. The Kier molecular flexibility index (Phi) is 5.33. The van der Waals surface area contributed by atoms with Crippen molar-refractivity contribution in [2.45, 2.75) is 26.8 Å². The number of hydrogen-bond acceptors (Lipinski definition) is 4. The molecule has 1 aromatic heterocycles. The third-order valence-electron chi connectivity index (χ3n) is 3.27. The highest BCUT2D eigenvalue weighted by molar-refractivity contribution is 7.12. The third-order valence-corrected chi connectivity index (χ3v) is 4.24. The second-order valence-electron chi connectivity index (χ2n) is 5.10. The quantitative estimate of drug-likeness (QED) is 0.860. The zero-order valence-corrected chi connectivity index (χ0v) is 13.7. The summed E-state index contributed by atoms with van der Waals surface area (Å²) in [4.78, 5) is 25.8. The Morgan fingerprint density at radius 3 is 2.50 bits per heavy atom. The molecule has 0 saturated heterocycles. The smallest absolute Gasteiger partial charge is 0.339 e. The minimum absolute atomic E-state index is 0.127. The van der Waals surface area contributed by atoms with Gasteiger partial charge in [0.25, 0.3) is 5.91 Å². The largest absolute Gasteiger partial charge is 0.452 e.